The van der Waals surface area contributed by atoms with Crippen molar-refractivity contribution in [2.24, 2.45) is 5.92 Å². The molecule has 1 fully saturated rings. The van der Waals surface area contributed by atoms with Crippen LogP contribution in [0.1, 0.15) is 60.3 Å². The van der Waals surface area contributed by atoms with Crippen molar-refractivity contribution in [3.05, 3.63) is 29.1 Å². The van der Waals surface area contributed by atoms with Crippen molar-refractivity contribution < 1.29 is 14.7 Å². The van der Waals surface area contributed by atoms with Gasteiger partial charge >= 0.3 is 5.97 Å². The highest BCUT2D eigenvalue weighted by Crippen LogP contribution is 2.23. The van der Waals surface area contributed by atoms with Crippen LogP contribution < -0.4 is 5.32 Å². The summed E-state index contributed by atoms with van der Waals surface area (Å²) in [4.78, 5) is 28.0. The summed E-state index contributed by atoms with van der Waals surface area (Å²) in [6, 6.07) is 4.69. The van der Waals surface area contributed by atoms with Gasteiger partial charge in [-0.2, -0.15) is 5.26 Å². The zero-order chi connectivity index (χ0) is 16.8. The Morgan fingerprint density at radius 3 is 2.57 bits per heavy atom. The molecule has 1 heterocycles. The van der Waals surface area contributed by atoms with Crippen LogP contribution in [0.5, 0.6) is 0 Å². The minimum absolute atomic E-state index is 0.215. The van der Waals surface area contributed by atoms with Crippen molar-refractivity contribution in [3.8, 4) is 6.07 Å². The summed E-state index contributed by atoms with van der Waals surface area (Å²) >= 11 is 0. The average Bonchev–Trinajstić information content (AvgIpc) is 2.49. The lowest BCUT2D eigenvalue weighted by Crippen LogP contribution is -2.44. The number of nitriles is 1. The fraction of sp³-hybridized carbons (Fsp3) is 0.529. The van der Waals surface area contributed by atoms with Crippen molar-refractivity contribution in [2.45, 2.75) is 51.5 Å². The van der Waals surface area contributed by atoms with Gasteiger partial charge in [-0.15, -0.1) is 0 Å². The van der Waals surface area contributed by atoms with Crippen molar-refractivity contribution in [1.29, 1.82) is 5.26 Å². The first-order chi connectivity index (χ1) is 11.0. The molecular formula is C17H21N3O3. The predicted octanol–water partition coefficient (Wildman–Crippen LogP) is 2.42. The van der Waals surface area contributed by atoms with E-state index in [4.69, 9.17) is 5.26 Å². The highest BCUT2D eigenvalue weighted by Gasteiger charge is 2.30. The van der Waals surface area contributed by atoms with Gasteiger partial charge in [0.1, 0.15) is 11.8 Å². The molecular weight excluding hydrogens is 294 g/mol. The van der Waals surface area contributed by atoms with Gasteiger partial charge in [0.25, 0.3) is 5.91 Å². The molecule has 1 saturated carbocycles. The first kappa shape index (κ1) is 16.9. The maximum Gasteiger partial charge on any atom is 0.308 e. The van der Waals surface area contributed by atoms with E-state index >= 15 is 0 Å². The number of rotatable bonds is 3. The number of carboxylic acid groups (broad SMARTS) is 1. The second-order valence-electron chi connectivity index (χ2n) is 5.96. The van der Waals surface area contributed by atoms with Crippen molar-refractivity contribution >= 4 is 11.9 Å². The normalized spacial score (nSPS) is 21.6. The Labute approximate surface area is 135 Å². The van der Waals surface area contributed by atoms with Gasteiger partial charge < -0.3 is 10.4 Å². The maximum absolute atomic E-state index is 12.4. The van der Waals surface area contributed by atoms with E-state index in [0.29, 0.717) is 24.1 Å². The molecule has 0 spiro atoms. The molecule has 1 aliphatic carbocycles. The minimum atomic E-state index is -0.860. The third-order valence-corrected chi connectivity index (χ3v) is 4.34. The molecule has 6 heteroatoms. The summed E-state index contributed by atoms with van der Waals surface area (Å²) in [6.07, 6.45) is 5.14. The first-order valence-electron chi connectivity index (χ1n) is 7.94. The van der Waals surface area contributed by atoms with Crippen molar-refractivity contribution in [1.82, 2.24) is 10.3 Å². The largest absolute Gasteiger partial charge is 0.481 e. The average molecular weight is 315 g/mol. The lowest BCUT2D eigenvalue weighted by Gasteiger charge is -2.27. The fourth-order valence-electron chi connectivity index (χ4n) is 3.00. The molecule has 2 unspecified atom stereocenters. The molecule has 0 radical (unpaired) electrons. The number of pyridine rings is 1. The zero-order valence-corrected chi connectivity index (χ0v) is 13.2. The van der Waals surface area contributed by atoms with Crippen LogP contribution in [0, 0.1) is 24.2 Å². The molecule has 1 aliphatic rings. The highest BCUT2D eigenvalue weighted by molar-refractivity contribution is 5.93. The monoisotopic (exact) mass is 315 g/mol. The minimum Gasteiger partial charge on any atom is -0.481 e. The predicted molar refractivity (Wildman–Crippen MR) is 83.8 cm³/mol. The molecule has 6 nitrogen and oxygen atoms in total. The molecule has 1 aromatic rings. The van der Waals surface area contributed by atoms with Crippen LogP contribution in [-0.4, -0.2) is 28.0 Å². The van der Waals surface area contributed by atoms with Crippen LogP contribution in [0.15, 0.2) is 12.1 Å². The number of aliphatic carboxylic acids is 1. The van der Waals surface area contributed by atoms with Crippen molar-refractivity contribution in [2.75, 3.05) is 0 Å². The van der Waals surface area contributed by atoms with Gasteiger partial charge in [0, 0.05) is 6.04 Å². The Bertz CT molecular complexity index is 636. The molecule has 1 amide bonds. The van der Waals surface area contributed by atoms with E-state index in [1.54, 1.807) is 13.0 Å². The number of hydrogen-bond acceptors (Lipinski definition) is 4. The fourth-order valence-corrected chi connectivity index (χ4v) is 3.00. The van der Waals surface area contributed by atoms with Gasteiger partial charge in [-0.25, -0.2) is 4.98 Å². The Morgan fingerprint density at radius 2 is 1.96 bits per heavy atom. The summed E-state index contributed by atoms with van der Waals surface area (Å²) in [6.45, 7) is 1.67. The van der Waals surface area contributed by atoms with Crippen LogP contribution in [0.3, 0.4) is 0 Å². The van der Waals surface area contributed by atoms with Gasteiger partial charge in [0.05, 0.1) is 17.2 Å². The molecule has 0 saturated heterocycles. The van der Waals surface area contributed by atoms with Gasteiger partial charge in [0.15, 0.2) is 0 Å². The summed E-state index contributed by atoms with van der Waals surface area (Å²) in [5.74, 6) is -1.80. The van der Waals surface area contributed by atoms with Crippen LogP contribution in [0.4, 0.5) is 0 Å². The molecule has 1 aromatic heterocycles. The van der Waals surface area contributed by atoms with Crippen LogP contribution in [0.2, 0.25) is 0 Å². The molecule has 122 valence electrons. The second-order valence-corrected chi connectivity index (χ2v) is 5.96. The number of nitrogens with one attached hydrogen (secondary N) is 1. The van der Waals surface area contributed by atoms with Gasteiger partial charge in [-0.1, -0.05) is 25.7 Å². The Morgan fingerprint density at radius 1 is 1.26 bits per heavy atom. The lowest BCUT2D eigenvalue weighted by molar-refractivity contribution is -0.143. The lowest BCUT2D eigenvalue weighted by atomic mass is 9.86. The Hall–Kier alpha value is -2.42. The van der Waals surface area contributed by atoms with E-state index in [0.717, 1.165) is 25.7 Å². The first-order valence-corrected chi connectivity index (χ1v) is 7.94. The number of aryl methyl sites for hydroxylation is 1. The standard InChI is InChI=1S/C17H21N3O3/c1-11-12(10-18)8-9-15(19-11)16(21)20-14-7-5-3-2-4-6-13(14)17(22)23/h8-9,13-14H,2-7H2,1H3,(H,20,21)(H,22,23). The van der Waals surface area contributed by atoms with E-state index < -0.39 is 11.9 Å². The van der Waals surface area contributed by atoms with E-state index in [2.05, 4.69) is 10.3 Å². The Balaban J connectivity index is 2.14. The number of carbonyl (C=O) groups is 2. The quantitative estimate of drug-likeness (QED) is 0.891. The maximum atomic E-state index is 12.4. The third kappa shape index (κ3) is 4.28. The van der Waals surface area contributed by atoms with E-state index in [1.807, 2.05) is 6.07 Å². The summed E-state index contributed by atoms with van der Waals surface area (Å²) in [7, 11) is 0. The number of amides is 1. The number of carbonyl (C=O) groups excluding carboxylic acids is 1. The zero-order valence-electron chi connectivity index (χ0n) is 13.2. The number of aromatic nitrogens is 1. The summed E-state index contributed by atoms with van der Waals surface area (Å²) in [5.41, 5.74) is 1.14. The molecule has 23 heavy (non-hydrogen) atoms. The number of carboxylic acids is 1. The topological polar surface area (TPSA) is 103 Å². The van der Waals surface area contributed by atoms with Gasteiger partial charge in [-0.05, 0) is 31.9 Å². The number of hydrogen-bond donors (Lipinski definition) is 2. The molecule has 2 rings (SSSR count). The van der Waals surface area contributed by atoms with Gasteiger partial charge in [0.2, 0.25) is 0 Å². The van der Waals surface area contributed by atoms with E-state index in [9.17, 15) is 14.7 Å². The molecule has 0 aromatic carbocycles. The van der Waals surface area contributed by atoms with Crippen LogP contribution >= 0.6 is 0 Å². The molecule has 0 bridgehead atoms. The van der Waals surface area contributed by atoms with Gasteiger partial charge in [-0.3, -0.25) is 9.59 Å². The summed E-state index contributed by atoms with van der Waals surface area (Å²) in [5, 5.41) is 21.2. The Kier molecular flexibility index (Phi) is 5.69. The summed E-state index contributed by atoms with van der Waals surface area (Å²) < 4.78 is 0. The molecule has 2 atom stereocenters. The highest BCUT2D eigenvalue weighted by atomic mass is 16.4. The van der Waals surface area contributed by atoms with Crippen LogP contribution in [-0.2, 0) is 4.79 Å². The molecule has 0 aliphatic heterocycles. The second kappa shape index (κ2) is 7.73. The van der Waals surface area contributed by atoms with Crippen molar-refractivity contribution in [3.63, 3.8) is 0 Å². The number of nitrogens with zero attached hydrogens (tertiary/aromatic N) is 2. The van der Waals surface area contributed by atoms with E-state index in [1.165, 1.54) is 6.07 Å². The van der Waals surface area contributed by atoms with Crippen LogP contribution in [0.25, 0.3) is 0 Å². The third-order valence-electron chi connectivity index (χ3n) is 4.34. The molecule has 2 N–H and O–H groups in total. The smallest absolute Gasteiger partial charge is 0.308 e. The van der Waals surface area contributed by atoms with E-state index in [-0.39, 0.29) is 17.6 Å². The SMILES string of the molecule is Cc1nc(C(=O)NC2CCCCCCC2C(=O)O)ccc1C#N.